The van der Waals surface area contributed by atoms with Gasteiger partial charge in [-0.05, 0) is 24.6 Å². The van der Waals surface area contributed by atoms with Gasteiger partial charge in [-0.3, -0.25) is 14.5 Å². The molecule has 0 atom stereocenters. The highest BCUT2D eigenvalue weighted by molar-refractivity contribution is 6.03. The van der Waals surface area contributed by atoms with Crippen molar-refractivity contribution in [1.82, 2.24) is 14.8 Å². The molecule has 2 heterocycles. The number of amides is 1. The van der Waals surface area contributed by atoms with Crippen LogP contribution in [-0.4, -0.2) is 20.7 Å². The van der Waals surface area contributed by atoms with Gasteiger partial charge in [0.2, 0.25) is 0 Å². The van der Waals surface area contributed by atoms with E-state index in [-0.39, 0.29) is 5.91 Å². The van der Waals surface area contributed by atoms with E-state index in [0.29, 0.717) is 17.8 Å². The van der Waals surface area contributed by atoms with Crippen LogP contribution in [0.25, 0.3) is 0 Å². The van der Waals surface area contributed by atoms with Crippen molar-refractivity contribution >= 4 is 11.6 Å². The summed E-state index contributed by atoms with van der Waals surface area (Å²) in [7, 11) is 0. The number of carbonyl (C=O) groups is 1. The highest BCUT2D eigenvalue weighted by Crippen LogP contribution is 2.10. The molecule has 0 aliphatic heterocycles. The molecule has 5 heteroatoms. The van der Waals surface area contributed by atoms with Crippen LogP contribution in [0.5, 0.6) is 0 Å². The average molecular weight is 292 g/mol. The maximum absolute atomic E-state index is 12.0. The minimum Gasteiger partial charge on any atom is -0.319 e. The first kappa shape index (κ1) is 14.0. The fraction of sp³-hybridized carbons (Fsp3) is 0.118. The molecular weight excluding hydrogens is 276 g/mol. The van der Waals surface area contributed by atoms with Crippen LogP contribution in [0.15, 0.2) is 61.2 Å². The molecule has 110 valence electrons. The molecule has 1 amide bonds. The van der Waals surface area contributed by atoms with Gasteiger partial charge < -0.3 is 5.32 Å². The molecule has 1 N–H and O–H groups in total. The average Bonchev–Trinajstić information content (AvgIpc) is 2.97. The zero-order valence-corrected chi connectivity index (χ0v) is 12.2. The van der Waals surface area contributed by atoms with Crippen LogP contribution in [0, 0.1) is 6.92 Å². The summed E-state index contributed by atoms with van der Waals surface area (Å²) in [6.45, 7) is 2.73. The second-order valence-electron chi connectivity index (χ2n) is 5.10. The van der Waals surface area contributed by atoms with Crippen molar-refractivity contribution in [3.8, 4) is 0 Å². The molecule has 0 aliphatic carbocycles. The van der Waals surface area contributed by atoms with E-state index in [1.807, 2.05) is 6.20 Å². The normalized spacial score (nSPS) is 10.4. The van der Waals surface area contributed by atoms with Crippen molar-refractivity contribution in [3.63, 3.8) is 0 Å². The summed E-state index contributed by atoms with van der Waals surface area (Å²) in [5.41, 5.74) is 3.64. The third-order valence-electron chi connectivity index (χ3n) is 3.30. The summed E-state index contributed by atoms with van der Waals surface area (Å²) < 4.78 is 1.80. The van der Waals surface area contributed by atoms with Crippen LogP contribution in [-0.2, 0) is 6.54 Å². The van der Waals surface area contributed by atoms with Gasteiger partial charge in [-0.15, -0.1) is 0 Å². The first-order chi connectivity index (χ1) is 10.7. The van der Waals surface area contributed by atoms with E-state index in [1.165, 1.54) is 11.1 Å². The first-order valence-electron chi connectivity index (χ1n) is 7.00. The Morgan fingerprint density at radius 2 is 1.86 bits per heavy atom. The van der Waals surface area contributed by atoms with Gasteiger partial charge in [-0.1, -0.05) is 29.8 Å². The number of pyridine rings is 1. The summed E-state index contributed by atoms with van der Waals surface area (Å²) in [5.74, 6) is -0.169. The van der Waals surface area contributed by atoms with Crippen molar-refractivity contribution < 1.29 is 4.79 Å². The highest BCUT2D eigenvalue weighted by Gasteiger charge is 2.07. The van der Waals surface area contributed by atoms with Crippen LogP contribution in [0.1, 0.15) is 21.5 Å². The lowest BCUT2D eigenvalue weighted by Gasteiger charge is -2.03. The number of aryl methyl sites for hydroxylation is 1. The lowest BCUT2D eigenvalue weighted by Crippen LogP contribution is -2.11. The number of carbonyl (C=O) groups excluding carboxylic acids is 1. The Bertz CT molecular complexity index is 763. The van der Waals surface area contributed by atoms with Crippen molar-refractivity contribution in [2.24, 2.45) is 0 Å². The predicted octanol–water partition coefficient (Wildman–Crippen LogP) is 2.89. The molecule has 3 aromatic rings. The van der Waals surface area contributed by atoms with E-state index in [0.717, 1.165) is 0 Å². The molecule has 0 fully saturated rings. The van der Waals surface area contributed by atoms with Crippen LogP contribution < -0.4 is 5.32 Å². The summed E-state index contributed by atoms with van der Waals surface area (Å²) >= 11 is 0. The number of nitrogens with zero attached hydrogens (tertiary/aromatic N) is 3. The molecule has 1 aromatic carbocycles. The molecule has 22 heavy (non-hydrogen) atoms. The van der Waals surface area contributed by atoms with Gasteiger partial charge >= 0.3 is 0 Å². The first-order valence-corrected chi connectivity index (χ1v) is 7.00. The number of benzene rings is 1. The zero-order chi connectivity index (χ0) is 15.4. The Hall–Kier alpha value is -2.95. The van der Waals surface area contributed by atoms with E-state index >= 15 is 0 Å². The number of hydrogen-bond acceptors (Lipinski definition) is 3. The molecule has 0 spiro atoms. The smallest absolute Gasteiger partial charge is 0.255 e. The number of aromatic nitrogens is 3. The van der Waals surface area contributed by atoms with E-state index in [2.05, 4.69) is 46.6 Å². The quantitative estimate of drug-likeness (QED) is 0.804. The fourth-order valence-electron chi connectivity index (χ4n) is 2.10. The van der Waals surface area contributed by atoms with Gasteiger partial charge in [0.25, 0.3) is 5.91 Å². The second-order valence-corrected chi connectivity index (χ2v) is 5.10. The van der Waals surface area contributed by atoms with Gasteiger partial charge in [0, 0.05) is 24.2 Å². The summed E-state index contributed by atoms with van der Waals surface area (Å²) in [6.07, 6.45) is 6.65. The van der Waals surface area contributed by atoms with Crippen molar-refractivity contribution in [2.45, 2.75) is 13.5 Å². The molecule has 0 radical (unpaired) electrons. The lowest BCUT2D eigenvalue weighted by atomic mass is 10.1. The third kappa shape index (κ3) is 3.38. The predicted molar refractivity (Wildman–Crippen MR) is 84.7 cm³/mol. The van der Waals surface area contributed by atoms with Crippen molar-refractivity contribution in [3.05, 3.63) is 77.9 Å². The molecule has 0 aliphatic rings. The van der Waals surface area contributed by atoms with E-state index < -0.39 is 0 Å². The maximum atomic E-state index is 12.0. The van der Waals surface area contributed by atoms with Crippen LogP contribution >= 0.6 is 0 Å². The SMILES string of the molecule is Cc1ccc(Cn2cc(NC(=O)c3ccncc3)cn2)cc1. The Morgan fingerprint density at radius 1 is 1.14 bits per heavy atom. The summed E-state index contributed by atoms with van der Waals surface area (Å²) in [4.78, 5) is 15.9. The minimum absolute atomic E-state index is 0.169. The van der Waals surface area contributed by atoms with E-state index in [9.17, 15) is 4.79 Å². The molecule has 0 bridgehead atoms. The molecule has 0 unspecified atom stereocenters. The Morgan fingerprint density at radius 3 is 2.59 bits per heavy atom. The van der Waals surface area contributed by atoms with E-state index in [4.69, 9.17) is 0 Å². The largest absolute Gasteiger partial charge is 0.319 e. The molecular formula is C17H16N4O. The van der Waals surface area contributed by atoms with Crippen LogP contribution in [0.2, 0.25) is 0 Å². The van der Waals surface area contributed by atoms with Gasteiger partial charge in [0.1, 0.15) is 0 Å². The Kier molecular flexibility index (Phi) is 3.96. The molecule has 0 saturated heterocycles. The zero-order valence-electron chi connectivity index (χ0n) is 12.2. The topological polar surface area (TPSA) is 59.8 Å². The van der Waals surface area contributed by atoms with Crippen molar-refractivity contribution in [1.29, 1.82) is 0 Å². The minimum atomic E-state index is -0.169. The second kappa shape index (κ2) is 6.22. The highest BCUT2D eigenvalue weighted by atomic mass is 16.1. The van der Waals surface area contributed by atoms with Gasteiger partial charge in [-0.2, -0.15) is 5.10 Å². The third-order valence-corrected chi connectivity index (χ3v) is 3.30. The number of hydrogen-bond donors (Lipinski definition) is 1. The van der Waals surface area contributed by atoms with Gasteiger partial charge in [-0.25, -0.2) is 0 Å². The van der Waals surface area contributed by atoms with Crippen molar-refractivity contribution in [2.75, 3.05) is 5.32 Å². The molecule has 2 aromatic heterocycles. The van der Waals surface area contributed by atoms with Crippen LogP contribution in [0.4, 0.5) is 5.69 Å². The lowest BCUT2D eigenvalue weighted by molar-refractivity contribution is 0.102. The Balaban J connectivity index is 1.66. The number of nitrogens with one attached hydrogen (secondary N) is 1. The standard InChI is InChI=1S/C17H16N4O/c1-13-2-4-14(5-3-13)11-21-12-16(10-19-21)20-17(22)15-6-8-18-9-7-15/h2-10,12H,11H2,1H3,(H,20,22). The maximum Gasteiger partial charge on any atom is 0.255 e. The van der Waals surface area contributed by atoms with Gasteiger partial charge in [0.05, 0.1) is 18.4 Å². The summed E-state index contributed by atoms with van der Waals surface area (Å²) in [6, 6.07) is 11.6. The Labute approximate surface area is 128 Å². The number of anilines is 1. The van der Waals surface area contributed by atoms with E-state index in [1.54, 1.807) is 35.4 Å². The molecule has 0 saturated carbocycles. The monoisotopic (exact) mass is 292 g/mol. The number of rotatable bonds is 4. The van der Waals surface area contributed by atoms with Gasteiger partial charge in [0.15, 0.2) is 0 Å². The van der Waals surface area contributed by atoms with Crippen LogP contribution in [0.3, 0.4) is 0 Å². The molecule has 3 rings (SSSR count). The summed E-state index contributed by atoms with van der Waals surface area (Å²) in [5, 5.41) is 7.09. The molecule has 5 nitrogen and oxygen atoms in total. The fourth-order valence-corrected chi connectivity index (χ4v) is 2.10.